The van der Waals surface area contributed by atoms with E-state index in [9.17, 15) is 14.7 Å². The molecular weight excluding hydrogens is 274 g/mol. The highest BCUT2D eigenvalue weighted by Crippen LogP contribution is 2.22. The molecule has 0 fully saturated rings. The molecule has 20 heavy (non-hydrogen) atoms. The van der Waals surface area contributed by atoms with Crippen LogP contribution in [0, 0.1) is 0 Å². The first-order valence-corrected chi connectivity index (χ1v) is 7.57. The second-order valence-electron chi connectivity index (χ2n) is 4.96. The third kappa shape index (κ3) is 5.65. The molecule has 1 aromatic carbocycles. The van der Waals surface area contributed by atoms with E-state index in [2.05, 4.69) is 5.32 Å². The molecule has 4 nitrogen and oxygen atoms in total. The number of carboxylic acids is 1. The molecule has 2 N–H and O–H groups in total. The van der Waals surface area contributed by atoms with Crippen molar-refractivity contribution in [2.45, 2.75) is 43.7 Å². The third-order valence-electron chi connectivity index (χ3n) is 2.71. The van der Waals surface area contributed by atoms with Gasteiger partial charge in [0, 0.05) is 6.04 Å². The van der Waals surface area contributed by atoms with Crippen LogP contribution in [0.2, 0.25) is 0 Å². The highest BCUT2D eigenvalue weighted by molar-refractivity contribution is 8.01. The zero-order valence-corrected chi connectivity index (χ0v) is 12.8. The number of amides is 1. The molecule has 0 saturated carbocycles. The third-order valence-corrected chi connectivity index (χ3v) is 4.03. The van der Waals surface area contributed by atoms with Gasteiger partial charge in [-0.05, 0) is 32.8 Å². The van der Waals surface area contributed by atoms with E-state index >= 15 is 0 Å². The first-order valence-electron chi connectivity index (χ1n) is 6.62. The number of benzene rings is 1. The van der Waals surface area contributed by atoms with Crippen LogP contribution in [0.1, 0.15) is 26.3 Å². The number of aliphatic carboxylic acids is 1. The van der Waals surface area contributed by atoms with Crippen molar-refractivity contribution in [1.82, 2.24) is 5.32 Å². The van der Waals surface area contributed by atoms with Crippen molar-refractivity contribution in [1.29, 1.82) is 0 Å². The van der Waals surface area contributed by atoms with E-state index in [4.69, 9.17) is 0 Å². The van der Waals surface area contributed by atoms with Gasteiger partial charge in [-0.15, -0.1) is 11.8 Å². The van der Waals surface area contributed by atoms with Crippen LogP contribution >= 0.6 is 11.8 Å². The van der Waals surface area contributed by atoms with Crippen molar-refractivity contribution in [3.05, 3.63) is 35.9 Å². The van der Waals surface area contributed by atoms with Gasteiger partial charge in [0.1, 0.15) is 5.25 Å². The summed E-state index contributed by atoms with van der Waals surface area (Å²) in [6, 6.07) is 9.51. The molecule has 110 valence electrons. The molecule has 2 unspecified atom stereocenters. The van der Waals surface area contributed by atoms with Gasteiger partial charge in [0.15, 0.2) is 0 Å². The van der Waals surface area contributed by atoms with Crippen LogP contribution in [0.5, 0.6) is 0 Å². The van der Waals surface area contributed by atoms with Gasteiger partial charge >= 0.3 is 5.97 Å². The zero-order valence-electron chi connectivity index (χ0n) is 12.0. The Labute approximate surface area is 124 Å². The summed E-state index contributed by atoms with van der Waals surface area (Å²) in [4.78, 5) is 23.2. The fourth-order valence-electron chi connectivity index (χ4n) is 1.73. The maximum Gasteiger partial charge on any atom is 0.316 e. The van der Waals surface area contributed by atoms with Gasteiger partial charge < -0.3 is 10.4 Å². The van der Waals surface area contributed by atoms with Crippen LogP contribution in [0.25, 0.3) is 0 Å². The summed E-state index contributed by atoms with van der Waals surface area (Å²) in [7, 11) is 0. The molecule has 5 heteroatoms. The number of nitrogens with one attached hydrogen (secondary N) is 1. The van der Waals surface area contributed by atoms with Crippen LogP contribution in [-0.4, -0.2) is 33.5 Å². The number of thioether (sulfide) groups is 1. The Bertz CT molecular complexity index is 448. The van der Waals surface area contributed by atoms with E-state index in [1.165, 1.54) is 11.8 Å². The fraction of sp³-hybridized carbons (Fsp3) is 0.467. The van der Waals surface area contributed by atoms with E-state index < -0.39 is 11.2 Å². The summed E-state index contributed by atoms with van der Waals surface area (Å²) in [5, 5.41) is 11.1. The number of hydrogen-bond acceptors (Lipinski definition) is 3. The lowest BCUT2D eigenvalue weighted by Crippen LogP contribution is -2.37. The molecule has 0 radical (unpaired) electrons. The lowest BCUT2D eigenvalue weighted by atomic mass is 10.1. The summed E-state index contributed by atoms with van der Waals surface area (Å²) >= 11 is 1.19. The first-order chi connectivity index (χ1) is 9.40. The minimum atomic E-state index is -0.886. The number of carbonyl (C=O) groups excluding carboxylic acids is 1. The van der Waals surface area contributed by atoms with Crippen LogP contribution in [0.15, 0.2) is 30.3 Å². The topological polar surface area (TPSA) is 66.4 Å². The highest BCUT2D eigenvalue weighted by atomic mass is 32.2. The van der Waals surface area contributed by atoms with Crippen molar-refractivity contribution in [3.63, 3.8) is 0 Å². The molecule has 0 aliphatic heterocycles. The molecule has 0 bridgehead atoms. The Hall–Kier alpha value is -1.49. The van der Waals surface area contributed by atoms with Gasteiger partial charge in [-0.1, -0.05) is 30.3 Å². The monoisotopic (exact) mass is 295 g/mol. The molecule has 1 rings (SSSR count). The number of hydrogen-bond donors (Lipinski definition) is 2. The van der Waals surface area contributed by atoms with Crippen LogP contribution in [0.3, 0.4) is 0 Å². The van der Waals surface area contributed by atoms with Crippen molar-refractivity contribution in [3.8, 4) is 0 Å². The van der Waals surface area contributed by atoms with E-state index in [-0.39, 0.29) is 17.2 Å². The van der Waals surface area contributed by atoms with Gasteiger partial charge in [-0.2, -0.15) is 0 Å². The average Bonchev–Trinajstić information content (AvgIpc) is 2.38. The van der Waals surface area contributed by atoms with E-state index in [1.807, 2.05) is 44.2 Å². The molecule has 0 saturated heterocycles. The lowest BCUT2D eigenvalue weighted by molar-refractivity contribution is -0.136. The van der Waals surface area contributed by atoms with Gasteiger partial charge in [-0.3, -0.25) is 9.59 Å². The van der Waals surface area contributed by atoms with Gasteiger partial charge in [0.05, 0.1) is 5.25 Å². The maximum atomic E-state index is 11.8. The second-order valence-corrected chi connectivity index (χ2v) is 6.51. The largest absolute Gasteiger partial charge is 0.480 e. The summed E-state index contributed by atoms with van der Waals surface area (Å²) in [5.41, 5.74) is 0.962. The summed E-state index contributed by atoms with van der Waals surface area (Å²) < 4.78 is 0. The van der Waals surface area contributed by atoms with Gasteiger partial charge in [-0.25, -0.2) is 0 Å². The number of carboxylic acid groups (broad SMARTS) is 1. The smallest absolute Gasteiger partial charge is 0.316 e. The van der Waals surface area contributed by atoms with Crippen molar-refractivity contribution in [2.24, 2.45) is 0 Å². The van der Waals surface area contributed by atoms with Gasteiger partial charge in [0.2, 0.25) is 5.91 Å². The van der Waals surface area contributed by atoms with Gasteiger partial charge in [0.25, 0.3) is 0 Å². The standard InChI is InChI=1S/C15H21NO3S/c1-10(2)16-14(17)11(3)20-13(15(18)19)9-12-7-5-4-6-8-12/h4-8,10-11,13H,9H2,1-3H3,(H,16,17)(H,18,19). The quantitative estimate of drug-likeness (QED) is 0.810. The Balaban J connectivity index is 2.63. The lowest BCUT2D eigenvalue weighted by Gasteiger charge is -2.18. The number of carbonyl (C=O) groups is 2. The van der Waals surface area contributed by atoms with Crippen LogP contribution in [-0.2, 0) is 16.0 Å². The maximum absolute atomic E-state index is 11.8. The summed E-state index contributed by atoms with van der Waals surface area (Å²) in [6.45, 7) is 5.51. The fourth-order valence-corrected chi connectivity index (χ4v) is 2.82. The molecule has 1 amide bonds. The minimum Gasteiger partial charge on any atom is -0.480 e. The zero-order chi connectivity index (χ0) is 15.1. The Morgan fingerprint density at radius 3 is 2.30 bits per heavy atom. The Morgan fingerprint density at radius 1 is 1.20 bits per heavy atom. The van der Waals surface area contributed by atoms with E-state index in [1.54, 1.807) is 6.92 Å². The van der Waals surface area contributed by atoms with Crippen LogP contribution in [0.4, 0.5) is 0 Å². The van der Waals surface area contributed by atoms with Crippen LogP contribution < -0.4 is 5.32 Å². The van der Waals surface area contributed by atoms with Crippen molar-refractivity contribution < 1.29 is 14.7 Å². The molecule has 2 atom stereocenters. The highest BCUT2D eigenvalue weighted by Gasteiger charge is 2.25. The van der Waals surface area contributed by atoms with E-state index in [0.717, 1.165) is 5.56 Å². The minimum absolute atomic E-state index is 0.0583. The molecule has 0 aliphatic rings. The molecule has 0 spiro atoms. The summed E-state index contributed by atoms with van der Waals surface area (Å²) in [5.74, 6) is -1.01. The molecule has 0 heterocycles. The van der Waals surface area contributed by atoms with E-state index in [0.29, 0.717) is 6.42 Å². The summed E-state index contributed by atoms with van der Waals surface area (Å²) in [6.07, 6.45) is 0.417. The average molecular weight is 295 g/mol. The second kappa shape index (κ2) is 7.94. The van der Waals surface area contributed by atoms with Crippen molar-refractivity contribution >= 4 is 23.6 Å². The first kappa shape index (κ1) is 16.6. The Morgan fingerprint density at radius 2 is 1.80 bits per heavy atom. The molecule has 1 aromatic rings. The van der Waals surface area contributed by atoms with Crippen molar-refractivity contribution in [2.75, 3.05) is 0 Å². The molecular formula is C15H21NO3S. The normalized spacial score (nSPS) is 13.8. The Kier molecular flexibility index (Phi) is 6.58. The number of rotatable bonds is 7. The molecule has 0 aromatic heterocycles. The predicted octanol–water partition coefficient (Wildman–Crippen LogP) is 2.33. The SMILES string of the molecule is CC(C)NC(=O)C(C)SC(Cc1ccccc1)C(=O)O. The predicted molar refractivity (Wildman–Crippen MR) is 81.9 cm³/mol. The molecule has 0 aliphatic carbocycles.